The third-order valence-corrected chi connectivity index (χ3v) is 7.63. The van der Waals surface area contributed by atoms with Crippen molar-refractivity contribution in [3.8, 4) is 11.5 Å². The maximum atomic E-state index is 5.68. The van der Waals surface area contributed by atoms with Gasteiger partial charge in [0.15, 0.2) is 11.5 Å². The van der Waals surface area contributed by atoms with E-state index in [1.54, 1.807) is 0 Å². The maximum Gasteiger partial charge on any atom is 0.231 e. The lowest BCUT2D eigenvalue weighted by Gasteiger charge is -2.52. The molecule has 0 spiro atoms. The van der Waals surface area contributed by atoms with Gasteiger partial charge in [-0.05, 0) is 75.5 Å². The number of nitrogens with zero attached hydrogens (tertiary/aromatic N) is 2. The number of hydrogen-bond donors (Lipinski definition) is 1. The fourth-order valence-electron chi connectivity index (χ4n) is 6.45. The van der Waals surface area contributed by atoms with Gasteiger partial charge in [-0.2, -0.15) is 0 Å². The standard InChI is InChI=1S/C21H29N3O2/c1-2-18-19(26-13-25-18)11-15(1)17-12-24(16-3-7-22-8-4-16)20-14-5-9-23(10-6-14)21(17)20/h1-2,11,14,16-17,20-22H,3-10,12-13H2/t17-,20+,21+/m0/s1. The van der Waals surface area contributed by atoms with Crippen molar-refractivity contribution in [2.75, 3.05) is 39.5 Å². The van der Waals surface area contributed by atoms with Crippen molar-refractivity contribution in [1.29, 1.82) is 0 Å². The quantitative estimate of drug-likeness (QED) is 0.879. The van der Waals surface area contributed by atoms with E-state index in [9.17, 15) is 0 Å². The molecule has 2 bridgehead atoms. The Morgan fingerprint density at radius 2 is 1.73 bits per heavy atom. The van der Waals surface area contributed by atoms with Crippen molar-refractivity contribution in [3.05, 3.63) is 23.8 Å². The molecule has 0 amide bonds. The van der Waals surface area contributed by atoms with Crippen molar-refractivity contribution >= 4 is 0 Å². The topological polar surface area (TPSA) is 37.0 Å². The average molecular weight is 355 g/mol. The molecular weight excluding hydrogens is 326 g/mol. The SMILES string of the molecule is c1cc2c(cc1[C@@H]1CN(C3CCNCC3)[C@@H]3C4CCN(CC4)[C@@H]31)OCO2. The minimum Gasteiger partial charge on any atom is -0.454 e. The molecule has 1 aromatic rings. The van der Waals surface area contributed by atoms with Gasteiger partial charge in [-0.1, -0.05) is 6.07 Å². The van der Waals surface area contributed by atoms with Gasteiger partial charge in [0.1, 0.15) is 0 Å². The lowest BCUT2D eigenvalue weighted by molar-refractivity contribution is -0.0223. The van der Waals surface area contributed by atoms with Gasteiger partial charge in [0.2, 0.25) is 6.79 Å². The predicted molar refractivity (Wildman–Crippen MR) is 99.8 cm³/mol. The first-order valence-corrected chi connectivity index (χ1v) is 10.5. The second-order valence-corrected chi connectivity index (χ2v) is 8.75. The molecule has 5 saturated heterocycles. The van der Waals surface area contributed by atoms with E-state index in [2.05, 4.69) is 33.3 Å². The van der Waals surface area contributed by atoms with E-state index in [0.29, 0.717) is 18.8 Å². The molecule has 6 heterocycles. The normalized spacial score (nSPS) is 39.3. The molecule has 5 nitrogen and oxygen atoms in total. The van der Waals surface area contributed by atoms with Gasteiger partial charge in [0.25, 0.3) is 0 Å². The summed E-state index contributed by atoms with van der Waals surface area (Å²) in [6.07, 6.45) is 5.42. The van der Waals surface area contributed by atoms with Gasteiger partial charge < -0.3 is 14.8 Å². The third-order valence-electron chi connectivity index (χ3n) is 7.63. The van der Waals surface area contributed by atoms with Crippen molar-refractivity contribution in [2.24, 2.45) is 5.92 Å². The molecule has 0 unspecified atom stereocenters. The Balaban J connectivity index is 1.36. The van der Waals surface area contributed by atoms with Gasteiger partial charge in [-0.25, -0.2) is 0 Å². The summed E-state index contributed by atoms with van der Waals surface area (Å²) in [5, 5.41) is 3.55. The largest absolute Gasteiger partial charge is 0.454 e. The zero-order valence-corrected chi connectivity index (χ0v) is 15.4. The van der Waals surface area contributed by atoms with Gasteiger partial charge in [-0.3, -0.25) is 9.80 Å². The molecule has 0 radical (unpaired) electrons. The summed E-state index contributed by atoms with van der Waals surface area (Å²) in [6, 6.07) is 8.90. The first-order valence-electron chi connectivity index (χ1n) is 10.5. The van der Waals surface area contributed by atoms with E-state index in [1.807, 2.05) is 0 Å². The number of rotatable bonds is 2. The smallest absolute Gasteiger partial charge is 0.231 e. The van der Waals surface area contributed by atoms with Crippen LogP contribution in [0.5, 0.6) is 11.5 Å². The number of hydrogen-bond acceptors (Lipinski definition) is 5. The molecule has 6 aliphatic rings. The minimum absolute atomic E-state index is 0.366. The van der Waals surface area contributed by atoms with Crippen LogP contribution in [0.25, 0.3) is 0 Å². The summed E-state index contributed by atoms with van der Waals surface area (Å²) < 4.78 is 11.2. The van der Waals surface area contributed by atoms with Crippen LogP contribution in [-0.4, -0.2) is 67.4 Å². The van der Waals surface area contributed by atoms with Crippen LogP contribution in [0.1, 0.15) is 37.2 Å². The molecule has 5 heteroatoms. The number of ether oxygens (including phenoxy) is 2. The Morgan fingerprint density at radius 1 is 0.923 bits per heavy atom. The average Bonchev–Trinajstić information content (AvgIpc) is 3.35. The number of likely N-dealkylation sites (tertiary alicyclic amines) is 1. The molecular formula is C21H29N3O2. The Hall–Kier alpha value is -1.30. The van der Waals surface area contributed by atoms with Crippen LogP contribution in [-0.2, 0) is 0 Å². The van der Waals surface area contributed by atoms with E-state index >= 15 is 0 Å². The Morgan fingerprint density at radius 3 is 2.58 bits per heavy atom. The summed E-state index contributed by atoms with van der Waals surface area (Å²) >= 11 is 0. The lowest BCUT2D eigenvalue weighted by Crippen LogP contribution is -2.61. The van der Waals surface area contributed by atoms with Crippen LogP contribution in [0.15, 0.2) is 18.2 Å². The summed E-state index contributed by atoms with van der Waals surface area (Å²) in [6.45, 7) is 6.54. The van der Waals surface area contributed by atoms with Gasteiger partial charge >= 0.3 is 0 Å². The van der Waals surface area contributed by atoms with Crippen molar-refractivity contribution in [1.82, 2.24) is 15.1 Å². The number of benzene rings is 1. The molecule has 0 aliphatic carbocycles. The molecule has 5 fully saturated rings. The maximum absolute atomic E-state index is 5.68. The lowest BCUT2D eigenvalue weighted by atomic mass is 9.75. The molecule has 1 aromatic carbocycles. The molecule has 1 N–H and O–H groups in total. The summed E-state index contributed by atoms with van der Waals surface area (Å²) in [5.74, 6) is 3.35. The first kappa shape index (κ1) is 15.7. The predicted octanol–water partition coefficient (Wildman–Crippen LogP) is 2.03. The highest BCUT2D eigenvalue weighted by Gasteiger charge is 2.54. The zero-order chi connectivity index (χ0) is 17.1. The van der Waals surface area contributed by atoms with Gasteiger partial charge in [-0.15, -0.1) is 0 Å². The van der Waals surface area contributed by atoms with Gasteiger partial charge in [0.05, 0.1) is 0 Å². The molecule has 0 aromatic heterocycles. The van der Waals surface area contributed by atoms with E-state index in [-0.39, 0.29) is 0 Å². The molecule has 26 heavy (non-hydrogen) atoms. The Labute approximate surface area is 155 Å². The Kier molecular flexibility index (Phi) is 3.70. The second kappa shape index (κ2) is 6.11. The van der Waals surface area contributed by atoms with Crippen LogP contribution >= 0.6 is 0 Å². The third kappa shape index (κ3) is 2.33. The molecule has 6 aliphatic heterocycles. The van der Waals surface area contributed by atoms with Crippen LogP contribution in [0.3, 0.4) is 0 Å². The van der Waals surface area contributed by atoms with E-state index in [4.69, 9.17) is 9.47 Å². The fourth-order valence-corrected chi connectivity index (χ4v) is 6.45. The highest BCUT2D eigenvalue weighted by atomic mass is 16.7. The molecule has 3 atom stereocenters. The van der Waals surface area contributed by atoms with Crippen molar-refractivity contribution in [3.63, 3.8) is 0 Å². The number of piperidine rings is 4. The van der Waals surface area contributed by atoms with Crippen LogP contribution in [0.4, 0.5) is 0 Å². The first-order chi connectivity index (χ1) is 12.9. The summed E-state index contributed by atoms with van der Waals surface area (Å²) in [7, 11) is 0. The van der Waals surface area contributed by atoms with Crippen LogP contribution in [0, 0.1) is 5.92 Å². The molecule has 140 valence electrons. The fraction of sp³-hybridized carbons (Fsp3) is 0.714. The summed E-state index contributed by atoms with van der Waals surface area (Å²) in [4.78, 5) is 5.73. The molecule has 7 rings (SSSR count). The monoisotopic (exact) mass is 355 g/mol. The van der Waals surface area contributed by atoms with E-state index in [0.717, 1.165) is 29.5 Å². The highest BCUT2D eigenvalue weighted by molar-refractivity contribution is 5.46. The zero-order valence-electron chi connectivity index (χ0n) is 15.4. The van der Waals surface area contributed by atoms with E-state index < -0.39 is 0 Å². The Bertz CT molecular complexity index is 682. The summed E-state index contributed by atoms with van der Waals surface area (Å²) in [5.41, 5.74) is 1.45. The van der Waals surface area contributed by atoms with Crippen LogP contribution in [0.2, 0.25) is 0 Å². The second-order valence-electron chi connectivity index (χ2n) is 8.75. The van der Waals surface area contributed by atoms with Gasteiger partial charge in [0, 0.05) is 30.6 Å². The minimum atomic E-state index is 0.366. The highest BCUT2D eigenvalue weighted by Crippen LogP contribution is 2.49. The molecule has 0 saturated carbocycles. The van der Waals surface area contributed by atoms with Crippen molar-refractivity contribution in [2.45, 2.75) is 49.7 Å². The number of fused-ring (bicyclic) bond motifs is 3. The van der Waals surface area contributed by atoms with Crippen LogP contribution < -0.4 is 14.8 Å². The van der Waals surface area contributed by atoms with E-state index in [1.165, 1.54) is 64.0 Å². The number of nitrogens with one attached hydrogen (secondary N) is 1. The van der Waals surface area contributed by atoms with Crippen molar-refractivity contribution < 1.29 is 9.47 Å².